The van der Waals surface area contributed by atoms with Gasteiger partial charge in [0.05, 0.1) is 6.10 Å². The standard InChI is InChI=1S/C19H36N4O2.HI/c1-23(2)18(24)15-21-19(22-16-9-4-3-5-10-16)20-13-8-12-17-11-6-7-14-25-17;/h16-17H,3-15H2,1-2H3,(H2,20,21,22);1H. The van der Waals surface area contributed by atoms with Gasteiger partial charge in [-0.25, -0.2) is 4.99 Å². The number of aliphatic imine (C=N–C) groups is 1. The molecule has 1 aliphatic heterocycles. The minimum absolute atomic E-state index is 0. The van der Waals surface area contributed by atoms with Gasteiger partial charge in [-0.15, -0.1) is 24.0 Å². The Kier molecular flexibility index (Phi) is 12.3. The number of hydrogen-bond donors (Lipinski definition) is 2. The highest BCUT2D eigenvalue weighted by molar-refractivity contribution is 14.0. The first-order valence-corrected chi connectivity index (χ1v) is 10.0. The maximum atomic E-state index is 11.8. The molecule has 2 N–H and O–H groups in total. The van der Waals surface area contributed by atoms with Gasteiger partial charge in [0, 0.05) is 33.3 Å². The van der Waals surface area contributed by atoms with Crippen molar-refractivity contribution < 1.29 is 9.53 Å². The van der Waals surface area contributed by atoms with Gasteiger partial charge in [0.15, 0.2) is 5.96 Å². The van der Waals surface area contributed by atoms with Crippen molar-refractivity contribution in [3.05, 3.63) is 0 Å². The van der Waals surface area contributed by atoms with Crippen LogP contribution in [0.1, 0.15) is 64.2 Å². The summed E-state index contributed by atoms with van der Waals surface area (Å²) in [5, 5.41) is 6.94. The molecule has 1 atom stereocenters. The Morgan fingerprint density at radius 3 is 2.50 bits per heavy atom. The fraction of sp³-hybridized carbons (Fsp3) is 0.895. The summed E-state index contributed by atoms with van der Waals surface area (Å²) in [6.07, 6.45) is 12.6. The molecule has 0 aromatic heterocycles. The number of nitrogens with one attached hydrogen (secondary N) is 2. The molecule has 1 amide bonds. The van der Waals surface area contributed by atoms with Gasteiger partial charge in [-0.2, -0.15) is 0 Å². The van der Waals surface area contributed by atoms with E-state index in [4.69, 9.17) is 4.74 Å². The molecule has 1 saturated heterocycles. The molecule has 0 radical (unpaired) electrons. The highest BCUT2D eigenvalue weighted by Crippen LogP contribution is 2.18. The SMILES string of the molecule is CN(C)C(=O)CN=C(NCCCC1CCCCO1)NC1CCCCC1.I. The van der Waals surface area contributed by atoms with Crippen molar-refractivity contribution in [3.8, 4) is 0 Å². The van der Waals surface area contributed by atoms with E-state index in [1.54, 1.807) is 19.0 Å². The molecule has 7 heteroatoms. The number of guanidine groups is 1. The van der Waals surface area contributed by atoms with Crippen molar-refractivity contribution in [3.63, 3.8) is 0 Å². The summed E-state index contributed by atoms with van der Waals surface area (Å²) in [6, 6.07) is 0.483. The first kappa shape index (κ1) is 23.5. The van der Waals surface area contributed by atoms with Crippen LogP contribution >= 0.6 is 24.0 Å². The van der Waals surface area contributed by atoms with E-state index < -0.39 is 0 Å². The third-order valence-corrected chi connectivity index (χ3v) is 5.09. The van der Waals surface area contributed by atoms with Crippen molar-refractivity contribution in [2.45, 2.75) is 76.4 Å². The van der Waals surface area contributed by atoms with E-state index in [0.29, 0.717) is 12.1 Å². The van der Waals surface area contributed by atoms with Crippen LogP contribution in [0.25, 0.3) is 0 Å². The van der Waals surface area contributed by atoms with Crippen LogP contribution in [-0.4, -0.2) is 62.7 Å². The maximum absolute atomic E-state index is 11.8. The second-order valence-electron chi connectivity index (χ2n) is 7.49. The van der Waals surface area contributed by atoms with Crippen molar-refractivity contribution in [1.82, 2.24) is 15.5 Å². The molecule has 2 fully saturated rings. The lowest BCUT2D eigenvalue weighted by atomic mass is 9.96. The zero-order valence-electron chi connectivity index (χ0n) is 16.5. The van der Waals surface area contributed by atoms with E-state index in [9.17, 15) is 4.79 Å². The van der Waals surface area contributed by atoms with Crippen LogP contribution in [0.2, 0.25) is 0 Å². The van der Waals surface area contributed by atoms with Gasteiger partial charge < -0.3 is 20.3 Å². The molecular weight excluding hydrogens is 443 g/mol. The van der Waals surface area contributed by atoms with Gasteiger partial charge in [-0.1, -0.05) is 19.3 Å². The summed E-state index contributed by atoms with van der Waals surface area (Å²) < 4.78 is 5.79. The van der Waals surface area contributed by atoms with Crippen molar-refractivity contribution in [2.75, 3.05) is 33.8 Å². The topological polar surface area (TPSA) is 66.0 Å². The van der Waals surface area contributed by atoms with Crippen molar-refractivity contribution in [1.29, 1.82) is 0 Å². The fourth-order valence-corrected chi connectivity index (χ4v) is 3.45. The largest absolute Gasteiger partial charge is 0.378 e. The van der Waals surface area contributed by atoms with E-state index in [1.807, 2.05) is 0 Å². The first-order valence-electron chi connectivity index (χ1n) is 10.0. The van der Waals surface area contributed by atoms with Crippen molar-refractivity contribution in [2.24, 2.45) is 4.99 Å². The first-order chi connectivity index (χ1) is 12.1. The van der Waals surface area contributed by atoms with Crippen LogP contribution < -0.4 is 10.6 Å². The van der Waals surface area contributed by atoms with Gasteiger partial charge in [0.2, 0.25) is 5.91 Å². The van der Waals surface area contributed by atoms with Crippen LogP contribution in [0.4, 0.5) is 0 Å². The lowest BCUT2D eigenvalue weighted by Crippen LogP contribution is -2.45. The molecule has 152 valence electrons. The number of carbonyl (C=O) groups is 1. The number of rotatable bonds is 7. The monoisotopic (exact) mass is 480 g/mol. The summed E-state index contributed by atoms with van der Waals surface area (Å²) in [6.45, 7) is 1.98. The predicted octanol–water partition coefficient (Wildman–Crippen LogP) is 2.91. The average molecular weight is 480 g/mol. The zero-order valence-corrected chi connectivity index (χ0v) is 18.8. The van der Waals surface area contributed by atoms with Gasteiger partial charge in [0.25, 0.3) is 0 Å². The molecule has 1 aliphatic carbocycles. The lowest BCUT2D eigenvalue weighted by molar-refractivity contribution is -0.127. The van der Waals surface area contributed by atoms with Crippen LogP contribution in [0.5, 0.6) is 0 Å². The van der Waals surface area contributed by atoms with E-state index >= 15 is 0 Å². The summed E-state index contributed by atoms with van der Waals surface area (Å²) in [5.41, 5.74) is 0. The number of hydrogen-bond acceptors (Lipinski definition) is 3. The molecule has 1 heterocycles. The van der Waals surface area contributed by atoms with Crippen LogP contribution in [-0.2, 0) is 9.53 Å². The Balaban J connectivity index is 0.00000338. The van der Waals surface area contributed by atoms with E-state index in [1.165, 1.54) is 51.4 Å². The van der Waals surface area contributed by atoms with Gasteiger partial charge in [0.1, 0.15) is 6.54 Å². The maximum Gasteiger partial charge on any atom is 0.243 e. The second-order valence-corrected chi connectivity index (χ2v) is 7.49. The number of ether oxygens (including phenoxy) is 1. The molecule has 26 heavy (non-hydrogen) atoms. The molecule has 0 aromatic rings. The molecule has 0 bridgehead atoms. The summed E-state index contributed by atoms with van der Waals surface area (Å²) in [7, 11) is 3.54. The fourth-order valence-electron chi connectivity index (χ4n) is 3.45. The Morgan fingerprint density at radius 2 is 1.85 bits per heavy atom. The summed E-state index contributed by atoms with van der Waals surface area (Å²) in [5.74, 6) is 0.812. The number of halogens is 1. The van der Waals surface area contributed by atoms with Gasteiger partial charge >= 0.3 is 0 Å². The quantitative estimate of drug-likeness (QED) is 0.255. The third kappa shape index (κ3) is 9.39. The highest BCUT2D eigenvalue weighted by atomic mass is 127. The molecule has 2 aliphatic rings. The molecule has 2 rings (SSSR count). The Morgan fingerprint density at radius 1 is 1.12 bits per heavy atom. The number of likely N-dealkylation sites (N-methyl/N-ethyl adjacent to an activating group) is 1. The van der Waals surface area contributed by atoms with Gasteiger partial charge in [-0.05, 0) is 44.9 Å². The van der Waals surface area contributed by atoms with Gasteiger partial charge in [-0.3, -0.25) is 4.79 Å². The van der Waals surface area contributed by atoms with Crippen LogP contribution in [0, 0.1) is 0 Å². The Hall–Kier alpha value is -0.570. The summed E-state index contributed by atoms with van der Waals surface area (Å²) in [4.78, 5) is 17.9. The van der Waals surface area contributed by atoms with Crippen molar-refractivity contribution >= 4 is 35.8 Å². The normalized spacial score (nSPS) is 21.6. The zero-order chi connectivity index (χ0) is 17.9. The third-order valence-electron chi connectivity index (χ3n) is 5.09. The molecule has 0 aromatic carbocycles. The molecule has 6 nitrogen and oxygen atoms in total. The minimum atomic E-state index is 0. The number of nitrogens with zero attached hydrogens (tertiary/aromatic N) is 2. The van der Waals surface area contributed by atoms with Crippen LogP contribution in [0.3, 0.4) is 0 Å². The van der Waals surface area contributed by atoms with E-state index in [2.05, 4.69) is 15.6 Å². The molecular formula is C19H37IN4O2. The second kappa shape index (κ2) is 13.6. The average Bonchev–Trinajstić information content (AvgIpc) is 2.64. The highest BCUT2D eigenvalue weighted by Gasteiger charge is 2.16. The smallest absolute Gasteiger partial charge is 0.243 e. The predicted molar refractivity (Wildman–Crippen MR) is 117 cm³/mol. The Bertz CT molecular complexity index is 420. The lowest BCUT2D eigenvalue weighted by Gasteiger charge is -2.25. The van der Waals surface area contributed by atoms with E-state index in [-0.39, 0.29) is 36.4 Å². The van der Waals surface area contributed by atoms with E-state index in [0.717, 1.165) is 32.0 Å². The molecule has 1 unspecified atom stereocenters. The summed E-state index contributed by atoms with van der Waals surface area (Å²) >= 11 is 0. The van der Waals surface area contributed by atoms with Crippen LogP contribution in [0.15, 0.2) is 4.99 Å². The minimum Gasteiger partial charge on any atom is -0.378 e. The molecule has 0 spiro atoms. The Labute approximate surface area is 175 Å². The number of carbonyl (C=O) groups excluding carboxylic acids is 1. The molecule has 1 saturated carbocycles. The number of amides is 1.